The topological polar surface area (TPSA) is 89.3 Å². The van der Waals surface area contributed by atoms with Crippen molar-refractivity contribution in [3.05, 3.63) is 18.6 Å². The summed E-state index contributed by atoms with van der Waals surface area (Å²) in [7, 11) is -2.12. The minimum Gasteiger partial charge on any atom is -0.361 e. The van der Waals surface area contributed by atoms with Gasteiger partial charge in [-0.25, -0.2) is 23.1 Å². The summed E-state index contributed by atoms with van der Waals surface area (Å²) in [5, 5.41) is 1.04. The minimum atomic E-state index is -3.12. The Hall–Kier alpha value is -1.49. The van der Waals surface area contributed by atoms with Gasteiger partial charge in [-0.05, 0) is 43.7 Å². The monoisotopic (exact) mass is 467 g/mol. The maximum absolute atomic E-state index is 11.3. The Bertz CT molecular complexity index is 965. The van der Waals surface area contributed by atoms with Gasteiger partial charge >= 0.3 is 0 Å². The third-order valence-electron chi connectivity index (χ3n) is 6.09. The molecule has 1 aliphatic rings. The van der Waals surface area contributed by atoms with Crippen molar-refractivity contribution in [2.24, 2.45) is 5.92 Å². The largest absolute Gasteiger partial charge is 0.361 e. The quantitative estimate of drug-likeness (QED) is 0.426. The van der Waals surface area contributed by atoms with Crippen molar-refractivity contribution in [1.82, 2.24) is 19.3 Å². The molecule has 174 valence electrons. The van der Waals surface area contributed by atoms with Gasteiger partial charge in [-0.15, -0.1) is 0 Å². The van der Waals surface area contributed by atoms with Crippen LogP contribution >= 0.6 is 0 Å². The molecule has 0 unspecified atom stereocenters. The van der Waals surface area contributed by atoms with Gasteiger partial charge in [0, 0.05) is 40.5 Å². The molecule has 0 aliphatic heterocycles. The Morgan fingerprint density at radius 2 is 1.94 bits per heavy atom. The number of sulfonamides is 1. The first kappa shape index (κ1) is 24.2. The Labute approximate surface area is 187 Å². The summed E-state index contributed by atoms with van der Waals surface area (Å²) >= 11 is 0. The molecule has 3 rings (SSSR count). The van der Waals surface area contributed by atoms with E-state index in [9.17, 15) is 8.42 Å². The van der Waals surface area contributed by atoms with Crippen LogP contribution in [0.4, 0.5) is 5.82 Å². The van der Waals surface area contributed by atoms with Crippen LogP contribution in [0.5, 0.6) is 0 Å². The van der Waals surface area contributed by atoms with Crippen molar-refractivity contribution in [2.45, 2.75) is 64.1 Å². The number of rotatable bonds is 10. The van der Waals surface area contributed by atoms with Gasteiger partial charge in [0.05, 0.1) is 11.6 Å². The molecule has 0 spiro atoms. The van der Waals surface area contributed by atoms with Gasteiger partial charge in [-0.2, -0.15) is 0 Å². The van der Waals surface area contributed by atoms with Gasteiger partial charge in [0.15, 0.2) is 0 Å². The van der Waals surface area contributed by atoms with Crippen LogP contribution in [0.3, 0.4) is 0 Å². The molecule has 1 fully saturated rings. The molecule has 0 atom stereocenters. The van der Waals surface area contributed by atoms with Crippen LogP contribution in [-0.2, 0) is 21.5 Å². The lowest BCUT2D eigenvalue weighted by molar-refractivity contribution is 0.0899. The van der Waals surface area contributed by atoms with E-state index in [4.69, 9.17) is 4.74 Å². The van der Waals surface area contributed by atoms with E-state index < -0.39 is 18.1 Å². The summed E-state index contributed by atoms with van der Waals surface area (Å²) in [6.07, 6.45) is 8.95. The predicted molar refractivity (Wildman–Crippen MR) is 129 cm³/mol. The van der Waals surface area contributed by atoms with E-state index in [-0.39, 0.29) is 0 Å². The maximum atomic E-state index is 11.3. The molecule has 1 N–H and O–H groups in total. The lowest BCUT2D eigenvalue weighted by atomic mass is 9.85. The van der Waals surface area contributed by atoms with E-state index in [0.717, 1.165) is 55.2 Å². The van der Waals surface area contributed by atoms with Crippen molar-refractivity contribution < 1.29 is 13.2 Å². The first-order chi connectivity index (χ1) is 14.5. The number of nitrogens with zero attached hydrogens (tertiary/aromatic N) is 4. The van der Waals surface area contributed by atoms with E-state index in [1.807, 2.05) is 10.8 Å². The second-order valence-electron chi connectivity index (χ2n) is 9.97. The van der Waals surface area contributed by atoms with Crippen LogP contribution in [-0.4, -0.2) is 63.5 Å². The van der Waals surface area contributed by atoms with Crippen LogP contribution < -0.4 is 9.62 Å². The van der Waals surface area contributed by atoms with Crippen molar-refractivity contribution >= 4 is 34.9 Å². The highest BCUT2D eigenvalue weighted by molar-refractivity contribution is 7.88. The van der Waals surface area contributed by atoms with Gasteiger partial charge in [0.25, 0.3) is 0 Å². The van der Waals surface area contributed by atoms with Gasteiger partial charge in [-0.3, -0.25) is 0 Å². The molecule has 2 aromatic heterocycles. The molecule has 0 bridgehead atoms. The van der Waals surface area contributed by atoms with Crippen molar-refractivity contribution in [3.63, 3.8) is 0 Å². The fourth-order valence-corrected chi connectivity index (χ4v) is 5.39. The zero-order valence-corrected chi connectivity index (χ0v) is 21.3. The van der Waals surface area contributed by atoms with E-state index in [2.05, 4.69) is 52.3 Å². The summed E-state index contributed by atoms with van der Waals surface area (Å²) < 4.78 is 33.3. The van der Waals surface area contributed by atoms with Crippen molar-refractivity contribution in [3.8, 4) is 0 Å². The summed E-state index contributed by atoms with van der Waals surface area (Å²) in [4.78, 5) is 11.4. The molecule has 0 aromatic carbocycles. The lowest BCUT2D eigenvalue weighted by Crippen LogP contribution is -2.38. The highest BCUT2D eigenvalue weighted by Gasteiger charge is 2.26. The molecule has 2 aromatic rings. The third kappa shape index (κ3) is 7.00. The van der Waals surface area contributed by atoms with Crippen molar-refractivity contribution in [1.29, 1.82) is 0 Å². The van der Waals surface area contributed by atoms with E-state index in [1.165, 1.54) is 6.26 Å². The molecular weight excluding hydrogens is 430 g/mol. The van der Waals surface area contributed by atoms with Crippen LogP contribution in [0.15, 0.2) is 18.6 Å². The van der Waals surface area contributed by atoms with Gasteiger partial charge < -0.3 is 14.2 Å². The summed E-state index contributed by atoms with van der Waals surface area (Å²) in [6.45, 7) is 8.89. The number of hydrogen-bond donors (Lipinski definition) is 1. The summed E-state index contributed by atoms with van der Waals surface area (Å²) in [5.41, 5.74) is 0.899. The summed E-state index contributed by atoms with van der Waals surface area (Å²) in [5.74, 6) is 1.35. The predicted octanol–water partition coefficient (Wildman–Crippen LogP) is 3.29. The molecule has 1 aliphatic carbocycles. The minimum absolute atomic E-state index is 0.393. The number of ether oxygens (including phenoxy) is 1. The molecule has 0 saturated heterocycles. The second kappa shape index (κ2) is 9.97. The fourth-order valence-electron chi connectivity index (χ4n) is 4.10. The van der Waals surface area contributed by atoms with Crippen molar-refractivity contribution in [2.75, 3.05) is 31.4 Å². The van der Waals surface area contributed by atoms with E-state index in [0.29, 0.717) is 25.2 Å². The normalized spacial score (nSPS) is 20.3. The number of fused-ring (bicyclic) bond motifs is 1. The Morgan fingerprint density at radius 3 is 2.58 bits per heavy atom. The van der Waals surface area contributed by atoms with E-state index in [1.54, 1.807) is 6.33 Å². The smallest absolute Gasteiger partial charge is 0.208 e. The highest BCUT2D eigenvalue weighted by Crippen LogP contribution is 2.31. The first-order valence-corrected chi connectivity index (χ1v) is 16.7. The zero-order chi connectivity index (χ0) is 22.6. The third-order valence-corrected chi connectivity index (χ3v) is 8.49. The van der Waals surface area contributed by atoms with Gasteiger partial charge in [0.2, 0.25) is 10.0 Å². The van der Waals surface area contributed by atoms with Crippen LogP contribution in [0.2, 0.25) is 25.7 Å². The first-order valence-electron chi connectivity index (χ1n) is 11.1. The van der Waals surface area contributed by atoms with E-state index >= 15 is 0 Å². The Balaban J connectivity index is 1.60. The van der Waals surface area contributed by atoms with Gasteiger partial charge in [-0.1, -0.05) is 19.6 Å². The number of nitrogens with one attached hydrogen (secondary N) is 1. The van der Waals surface area contributed by atoms with Crippen LogP contribution in [0, 0.1) is 5.92 Å². The average molecular weight is 468 g/mol. The second-order valence-corrected chi connectivity index (χ2v) is 17.4. The fraction of sp³-hybridized carbons (Fsp3) is 0.714. The molecule has 0 radical (unpaired) electrons. The average Bonchev–Trinajstić information content (AvgIpc) is 3.11. The van der Waals surface area contributed by atoms with Gasteiger partial charge in [0.1, 0.15) is 24.5 Å². The van der Waals surface area contributed by atoms with Crippen LogP contribution in [0.1, 0.15) is 25.7 Å². The standard InChI is InChI=1S/C21H37N5O3SSi/c1-25(18-8-6-17(7-9-18)14-24-30(2,27)28)20-19-10-11-26(21(19)23-15-22-20)16-29-12-13-31(3,4)5/h10-11,15,17-18,24H,6-9,12-14,16H2,1-5H3. The molecule has 1 saturated carbocycles. The number of anilines is 1. The lowest BCUT2D eigenvalue weighted by Gasteiger charge is -2.35. The SMILES string of the molecule is CN(c1ncnc2c1ccn2COCC[Si](C)(C)C)C1CCC(CNS(C)(=O)=O)CC1. The number of aromatic nitrogens is 3. The molecule has 31 heavy (non-hydrogen) atoms. The Morgan fingerprint density at radius 1 is 1.23 bits per heavy atom. The maximum Gasteiger partial charge on any atom is 0.208 e. The van der Waals surface area contributed by atoms with Crippen LogP contribution in [0.25, 0.3) is 11.0 Å². The highest BCUT2D eigenvalue weighted by atomic mass is 32.2. The Kier molecular flexibility index (Phi) is 7.77. The molecule has 0 amide bonds. The zero-order valence-electron chi connectivity index (χ0n) is 19.5. The molecule has 10 heteroatoms. The summed E-state index contributed by atoms with van der Waals surface area (Å²) in [6, 6.07) is 3.62. The molecule has 2 heterocycles. The molecular formula is C21H37N5O3SSi. The number of hydrogen-bond acceptors (Lipinski definition) is 6. The molecule has 8 nitrogen and oxygen atoms in total.